The summed E-state index contributed by atoms with van der Waals surface area (Å²) in [4.78, 5) is 11.7. The fourth-order valence-electron chi connectivity index (χ4n) is 1.81. The minimum absolute atomic E-state index is 0.0270. The van der Waals surface area contributed by atoms with Crippen LogP contribution in [0.3, 0.4) is 0 Å². The Morgan fingerprint density at radius 2 is 2.20 bits per heavy atom. The van der Waals surface area contributed by atoms with Gasteiger partial charge in [0, 0.05) is 18.1 Å². The zero-order valence-electron chi connectivity index (χ0n) is 9.13. The fraction of sp³-hybridized carbons (Fsp3) is 0.727. The van der Waals surface area contributed by atoms with E-state index in [9.17, 15) is 4.79 Å². The Bertz CT molecular complexity index is 225. The van der Waals surface area contributed by atoms with Crippen LogP contribution in [-0.2, 0) is 4.79 Å². The Hall–Kier alpha value is -0.480. The van der Waals surface area contributed by atoms with Crippen molar-refractivity contribution in [3.8, 4) is 0 Å². The van der Waals surface area contributed by atoms with Crippen LogP contribution in [0.1, 0.15) is 25.7 Å². The predicted octanol–water partition coefficient (Wildman–Crippen LogP) is 1.29. The Morgan fingerprint density at radius 1 is 1.53 bits per heavy atom. The largest absolute Gasteiger partial charge is 0.354 e. The van der Waals surface area contributed by atoms with Crippen molar-refractivity contribution in [3.05, 3.63) is 12.7 Å². The molecule has 1 rings (SSSR count). The molecule has 0 saturated heterocycles. The molecule has 0 aromatic rings. The van der Waals surface area contributed by atoms with Crippen molar-refractivity contribution >= 4 is 17.7 Å². The van der Waals surface area contributed by atoms with Gasteiger partial charge in [-0.25, -0.2) is 0 Å². The van der Waals surface area contributed by atoms with Gasteiger partial charge in [-0.3, -0.25) is 4.79 Å². The van der Waals surface area contributed by atoms with Crippen LogP contribution in [-0.4, -0.2) is 29.5 Å². The second-order valence-corrected chi connectivity index (χ2v) is 5.13. The van der Waals surface area contributed by atoms with E-state index < -0.39 is 5.54 Å². The summed E-state index contributed by atoms with van der Waals surface area (Å²) in [5, 5.41) is 2.90. The lowest BCUT2D eigenvalue weighted by atomic mass is 9.98. The second kappa shape index (κ2) is 6.18. The molecule has 1 aliphatic rings. The van der Waals surface area contributed by atoms with Crippen LogP contribution >= 0.6 is 11.8 Å². The summed E-state index contributed by atoms with van der Waals surface area (Å²) in [6.45, 7) is 4.34. The number of amides is 1. The van der Waals surface area contributed by atoms with Crippen LogP contribution in [0.2, 0.25) is 0 Å². The third-order valence-electron chi connectivity index (χ3n) is 2.72. The van der Waals surface area contributed by atoms with E-state index in [1.165, 1.54) is 0 Å². The molecule has 0 spiro atoms. The highest BCUT2D eigenvalue weighted by Gasteiger charge is 2.36. The molecule has 4 heteroatoms. The van der Waals surface area contributed by atoms with Crippen LogP contribution in [0, 0.1) is 0 Å². The molecule has 15 heavy (non-hydrogen) atoms. The molecule has 0 heterocycles. The first kappa shape index (κ1) is 12.6. The van der Waals surface area contributed by atoms with E-state index in [0.29, 0.717) is 6.54 Å². The zero-order chi connectivity index (χ0) is 11.1. The molecule has 3 N–H and O–H groups in total. The van der Waals surface area contributed by atoms with E-state index in [-0.39, 0.29) is 5.91 Å². The molecule has 3 nitrogen and oxygen atoms in total. The summed E-state index contributed by atoms with van der Waals surface area (Å²) in [7, 11) is 0. The lowest BCUT2D eigenvalue weighted by Crippen LogP contribution is -2.52. The maximum absolute atomic E-state index is 11.7. The van der Waals surface area contributed by atoms with Gasteiger partial charge in [-0.15, -0.1) is 6.58 Å². The Balaban J connectivity index is 2.15. The monoisotopic (exact) mass is 228 g/mol. The molecule has 1 amide bonds. The summed E-state index contributed by atoms with van der Waals surface area (Å²) in [5.41, 5.74) is 5.43. The average molecular weight is 228 g/mol. The number of nitrogens with one attached hydrogen (secondary N) is 1. The van der Waals surface area contributed by atoms with Crippen molar-refractivity contribution in [2.45, 2.75) is 31.2 Å². The van der Waals surface area contributed by atoms with E-state index in [1.54, 1.807) is 11.8 Å². The fourth-order valence-corrected chi connectivity index (χ4v) is 2.39. The lowest BCUT2D eigenvalue weighted by Gasteiger charge is -2.22. The standard InChI is InChI=1S/C11H20N2OS/c1-2-8-15-9-7-13-10(14)11(12)5-3-4-6-11/h2H,1,3-9,12H2,(H,13,14). The molecular weight excluding hydrogens is 208 g/mol. The van der Waals surface area contributed by atoms with E-state index >= 15 is 0 Å². The highest BCUT2D eigenvalue weighted by molar-refractivity contribution is 7.99. The van der Waals surface area contributed by atoms with Gasteiger partial charge < -0.3 is 11.1 Å². The predicted molar refractivity (Wildman–Crippen MR) is 65.9 cm³/mol. The molecule has 0 aliphatic heterocycles. The average Bonchev–Trinajstić information content (AvgIpc) is 2.66. The third kappa shape index (κ3) is 3.87. The minimum atomic E-state index is -0.580. The summed E-state index contributed by atoms with van der Waals surface area (Å²) >= 11 is 1.76. The number of nitrogens with two attached hydrogens (primary N) is 1. The van der Waals surface area contributed by atoms with Crippen LogP contribution in [0.4, 0.5) is 0 Å². The van der Waals surface area contributed by atoms with Gasteiger partial charge in [-0.1, -0.05) is 18.9 Å². The molecule has 0 aromatic heterocycles. The Labute approximate surface area is 95.9 Å². The SMILES string of the molecule is C=CCSCCNC(=O)C1(N)CCCC1. The van der Waals surface area contributed by atoms with Crippen molar-refractivity contribution < 1.29 is 4.79 Å². The summed E-state index contributed by atoms with van der Waals surface area (Å²) < 4.78 is 0. The smallest absolute Gasteiger partial charge is 0.240 e. The highest BCUT2D eigenvalue weighted by Crippen LogP contribution is 2.27. The van der Waals surface area contributed by atoms with Gasteiger partial charge in [0.05, 0.1) is 5.54 Å². The molecule has 0 bridgehead atoms. The van der Waals surface area contributed by atoms with E-state index in [2.05, 4.69) is 11.9 Å². The number of carbonyl (C=O) groups excluding carboxylic acids is 1. The molecule has 0 radical (unpaired) electrons. The van der Waals surface area contributed by atoms with Crippen LogP contribution < -0.4 is 11.1 Å². The van der Waals surface area contributed by atoms with Gasteiger partial charge in [0.15, 0.2) is 0 Å². The molecule has 1 saturated carbocycles. The van der Waals surface area contributed by atoms with Crippen molar-refractivity contribution in [2.75, 3.05) is 18.1 Å². The summed E-state index contributed by atoms with van der Waals surface area (Å²) in [6.07, 6.45) is 5.69. The maximum Gasteiger partial charge on any atom is 0.240 e. The first-order valence-electron chi connectivity index (χ1n) is 5.45. The van der Waals surface area contributed by atoms with Crippen LogP contribution in [0.25, 0.3) is 0 Å². The van der Waals surface area contributed by atoms with Crippen molar-refractivity contribution in [2.24, 2.45) is 5.73 Å². The number of hydrogen-bond acceptors (Lipinski definition) is 3. The molecule has 86 valence electrons. The Kier molecular flexibility index (Phi) is 5.19. The first-order valence-corrected chi connectivity index (χ1v) is 6.60. The second-order valence-electron chi connectivity index (χ2n) is 3.98. The van der Waals surface area contributed by atoms with Crippen molar-refractivity contribution in [1.82, 2.24) is 5.32 Å². The quantitative estimate of drug-likeness (QED) is 0.532. The minimum Gasteiger partial charge on any atom is -0.354 e. The van der Waals surface area contributed by atoms with Crippen LogP contribution in [0.15, 0.2) is 12.7 Å². The Morgan fingerprint density at radius 3 is 2.80 bits per heavy atom. The van der Waals surface area contributed by atoms with Gasteiger partial charge in [0.1, 0.15) is 0 Å². The van der Waals surface area contributed by atoms with Gasteiger partial charge in [-0.2, -0.15) is 11.8 Å². The highest BCUT2D eigenvalue weighted by atomic mass is 32.2. The number of carbonyl (C=O) groups is 1. The topological polar surface area (TPSA) is 55.1 Å². The zero-order valence-corrected chi connectivity index (χ0v) is 9.94. The van der Waals surface area contributed by atoms with Crippen molar-refractivity contribution in [1.29, 1.82) is 0 Å². The number of thioether (sulfide) groups is 1. The van der Waals surface area contributed by atoms with Gasteiger partial charge in [0.2, 0.25) is 5.91 Å². The van der Waals surface area contributed by atoms with Gasteiger partial charge in [-0.05, 0) is 12.8 Å². The molecule has 1 fully saturated rings. The number of rotatable bonds is 6. The molecule has 0 atom stereocenters. The first-order chi connectivity index (χ1) is 7.19. The molecule has 1 aliphatic carbocycles. The molecule has 0 unspecified atom stereocenters. The van der Waals surface area contributed by atoms with Gasteiger partial charge >= 0.3 is 0 Å². The van der Waals surface area contributed by atoms with E-state index in [0.717, 1.165) is 37.2 Å². The van der Waals surface area contributed by atoms with Crippen molar-refractivity contribution in [3.63, 3.8) is 0 Å². The van der Waals surface area contributed by atoms with Crippen LogP contribution in [0.5, 0.6) is 0 Å². The molecule has 0 aromatic carbocycles. The maximum atomic E-state index is 11.7. The normalized spacial score (nSPS) is 18.7. The van der Waals surface area contributed by atoms with Gasteiger partial charge in [0.25, 0.3) is 0 Å². The third-order valence-corrected chi connectivity index (χ3v) is 3.68. The number of hydrogen-bond donors (Lipinski definition) is 2. The molecular formula is C11H20N2OS. The van der Waals surface area contributed by atoms with E-state index in [1.807, 2.05) is 6.08 Å². The summed E-state index contributed by atoms with van der Waals surface area (Å²) in [6, 6.07) is 0. The lowest BCUT2D eigenvalue weighted by molar-refractivity contribution is -0.126. The summed E-state index contributed by atoms with van der Waals surface area (Å²) in [5.74, 6) is 1.89. The van der Waals surface area contributed by atoms with E-state index in [4.69, 9.17) is 5.73 Å².